The molecule has 4 nitrogen and oxygen atoms in total. The van der Waals surface area contributed by atoms with Crippen molar-refractivity contribution in [2.24, 2.45) is 0 Å². The number of pyridine rings is 1. The maximum Gasteiger partial charge on any atom is 0.262 e. The van der Waals surface area contributed by atoms with Crippen molar-refractivity contribution in [3.8, 4) is 0 Å². The quantitative estimate of drug-likeness (QED) is 0.335. The number of halogens is 3. The summed E-state index contributed by atoms with van der Waals surface area (Å²) >= 11 is 20.1. The summed E-state index contributed by atoms with van der Waals surface area (Å²) in [4.78, 5) is 24.1. The Balaban J connectivity index is 1.83. The molecule has 2 aromatic heterocycles. The summed E-state index contributed by atoms with van der Waals surface area (Å²) in [6.07, 6.45) is 1.69. The Morgan fingerprint density at radius 3 is 2.62 bits per heavy atom. The SMILES string of the molecule is Cc1c(Cl)ccc2sc(N(Cc3ccccn3)C(=O)c3cc(Cl)ccc3Cl)nc12. The number of thiazole rings is 1. The molecule has 0 N–H and O–H groups in total. The van der Waals surface area contributed by atoms with Gasteiger partial charge in [0, 0.05) is 16.2 Å². The van der Waals surface area contributed by atoms with E-state index in [-0.39, 0.29) is 12.5 Å². The van der Waals surface area contributed by atoms with Gasteiger partial charge < -0.3 is 0 Å². The average Bonchev–Trinajstić information content (AvgIpc) is 3.16. The van der Waals surface area contributed by atoms with Crippen LogP contribution in [0.1, 0.15) is 21.6 Å². The third-order valence-corrected chi connectivity index (χ3v) is 6.44. The second kappa shape index (κ2) is 8.28. The fourth-order valence-electron chi connectivity index (χ4n) is 2.89. The lowest BCUT2D eigenvalue weighted by Crippen LogP contribution is -2.31. The van der Waals surface area contributed by atoms with E-state index in [9.17, 15) is 4.79 Å². The topological polar surface area (TPSA) is 46.1 Å². The van der Waals surface area contributed by atoms with Gasteiger partial charge in [0.2, 0.25) is 0 Å². The summed E-state index contributed by atoms with van der Waals surface area (Å²) in [6, 6.07) is 14.1. The first-order valence-electron chi connectivity index (χ1n) is 8.66. The van der Waals surface area contributed by atoms with E-state index in [0.29, 0.717) is 25.8 Å². The first-order chi connectivity index (χ1) is 13.9. The maximum atomic E-state index is 13.4. The molecule has 146 valence electrons. The Bertz CT molecular complexity index is 1210. The molecule has 0 bridgehead atoms. The molecule has 4 aromatic rings. The Morgan fingerprint density at radius 1 is 1.07 bits per heavy atom. The van der Waals surface area contributed by atoms with Gasteiger partial charge in [-0.05, 0) is 55.0 Å². The molecular weight excluding hydrogens is 449 g/mol. The second-order valence-electron chi connectivity index (χ2n) is 6.35. The molecule has 0 fully saturated rings. The zero-order valence-corrected chi connectivity index (χ0v) is 18.3. The smallest absolute Gasteiger partial charge is 0.262 e. The molecule has 8 heteroatoms. The summed E-state index contributed by atoms with van der Waals surface area (Å²) in [5.74, 6) is -0.300. The highest BCUT2D eigenvalue weighted by atomic mass is 35.5. The largest absolute Gasteiger partial charge is 0.278 e. The van der Waals surface area contributed by atoms with Crippen molar-refractivity contribution in [3.05, 3.63) is 86.6 Å². The van der Waals surface area contributed by atoms with Crippen molar-refractivity contribution in [2.75, 3.05) is 4.90 Å². The fraction of sp³-hybridized carbons (Fsp3) is 0.0952. The summed E-state index contributed by atoms with van der Waals surface area (Å²) in [5, 5.41) is 1.93. The number of carbonyl (C=O) groups is 1. The van der Waals surface area contributed by atoms with Gasteiger partial charge in [0.25, 0.3) is 5.91 Å². The van der Waals surface area contributed by atoms with Crippen LogP contribution in [0.2, 0.25) is 15.1 Å². The highest BCUT2D eigenvalue weighted by molar-refractivity contribution is 7.22. The van der Waals surface area contributed by atoms with Crippen molar-refractivity contribution >= 4 is 67.4 Å². The molecule has 0 aliphatic rings. The molecule has 0 atom stereocenters. The van der Waals surface area contributed by atoms with Gasteiger partial charge >= 0.3 is 0 Å². The number of anilines is 1. The molecule has 0 saturated heterocycles. The van der Waals surface area contributed by atoms with E-state index >= 15 is 0 Å². The highest BCUT2D eigenvalue weighted by Gasteiger charge is 2.25. The molecular formula is C21H14Cl3N3OS. The summed E-state index contributed by atoms with van der Waals surface area (Å²) in [7, 11) is 0. The third-order valence-electron chi connectivity index (χ3n) is 4.42. The first kappa shape index (κ1) is 20.1. The van der Waals surface area contributed by atoms with Crippen LogP contribution >= 0.6 is 46.1 Å². The van der Waals surface area contributed by atoms with Gasteiger partial charge in [0.1, 0.15) is 0 Å². The maximum absolute atomic E-state index is 13.4. The number of aryl methyl sites for hydroxylation is 1. The molecule has 29 heavy (non-hydrogen) atoms. The Morgan fingerprint density at radius 2 is 1.86 bits per heavy atom. The Labute approximate surface area is 186 Å². The predicted molar refractivity (Wildman–Crippen MR) is 121 cm³/mol. The number of hydrogen-bond donors (Lipinski definition) is 0. The summed E-state index contributed by atoms with van der Waals surface area (Å²) < 4.78 is 0.943. The van der Waals surface area contributed by atoms with E-state index in [2.05, 4.69) is 4.98 Å². The van der Waals surface area contributed by atoms with Gasteiger partial charge in [-0.25, -0.2) is 4.98 Å². The molecule has 1 amide bonds. The second-order valence-corrected chi connectivity index (χ2v) is 8.61. The molecule has 0 aliphatic carbocycles. The van der Waals surface area contributed by atoms with Crippen molar-refractivity contribution in [1.82, 2.24) is 9.97 Å². The molecule has 4 rings (SSSR count). The van der Waals surface area contributed by atoms with Gasteiger partial charge in [-0.15, -0.1) is 0 Å². The number of nitrogens with zero attached hydrogens (tertiary/aromatic N) is 3. The lowest BCUT2D eigenvalue weighted by molar-refractivity contribution is 0.0985. The number of hydrogen-bond acceptors (Lipinski definition) is 4. The normalized spacial score (nSPS) is 11.0. The molecule has 0 unspecified atom stereocenters. The minimum atomic E-state index is -0.300. The summed E-state index contributed by atoms with van der Waals surface area (Å²) in [6.45, 7) is 2.15. The van der Waals surface area contributed by atoms with Gasteiger partial charge in [0.05, 0.1) is 33.0 Å². The lowest BCUT2D eigenvalue weighted by atomic mass is 10.2. The highest BCUT2D eigenvalue weighted by Crippen LogP contribution is 2.35. The van der Waals surface area contributed by atoms with Crippen LogP contribution in [0, 0.1) is 6.92 Å². The third kappa shape index (κ3) is 4.09. The van der Waals surface area contributed by atoms with E-state index in [1.54, 1.807) is 29.3 Å². The van der Waals surface area contributed by atoms with E-state index in [1.165, 1.54) is 11.3 Å². The lowest BCUT2D eigenvalue weighted by Gasteiger charge is -2.20. The minimum absolute atomic E-state index is 0.245. The molecule has 0 aliphatic heterocycles. The van der Waals surface area contributed by atoms with Crippen LogP contribution in [0.25, 0.3) is 10.2 Å². The van der Waals surface area contributed by atoms with Crippen LogP contribution in [0.5, 0.6) is 0 Å². The van der Waals surface area contributed by atoms with E-state index < -0.39 is 0 Å². The number of rotatable bonds is 4. The zero-order chi connectivity index (χ0) is 20.5. The molecule has 0 radical (unpaired) electrons. The molecule has 2 aromatic carbocycles. The molecule has 2 heterocycles. The zero-order valence-electron chi connectivity index (χ0n) is 15.2. The number of carbonyl (C=O) groups excluding carboxylic acids is 1. The van der Waals surface area contributed by atoms with Crippen LogP contribution < -0.4 is 4.90 Å². The average molecular weight is 463 g/mol. The molecule has 0 saturated carbocycles. The van der Waals surface area contributed by atoms with Crippen LogP contribution in [-0.2, 0) is 6.54 Å². The van der Waals surface area contributed by atoms with Crippen LogP contribution in [0.3, 0.4) is 0 Å². The van der Waals surface area contributed by atoms with Crippen molar-refractivity contribution in [2.45, 2.75) is 13.5 Å². The number of aromatic nitrogens is 2. The van der Waals surface area contributed by atoms with Gasteiger partial charge in [-0.2, -0.15) is 0 Å². The monoisotopic (exact) mass is 461 g/mol. The molecule has 0 spiro atoms. The van der Waals surface area contributed by atoms with Gasteiger partial charge in [0.15, 0.2) is 5.13 Å². The van der Waals surface area contributed by atoms with E-state index in [4.69, 9.17) is 39.8 Å². The van der Waals surface area contributed by atoms with E-state index in [1.807, 2.05) is 37.3 Å². The van der Waals surface area contributed by atoms with Crippen molar-refractivity contribution in [3.63, 3.8) is 0 Å². The van der Waals surface area contributed by atoms with Gasteiger partial charge in [-0.1, -0.05) is 52.2 Å². The van der Waals surface area contributed by atoms with Crippen LogP contribution in [0.4, 0.5) is 5.13 Å². The van der Waals surface area contributed by atoms with Crippen LogP contribution in [0.15, 0.2) is 54.7 Å². The fourth-order valence-corrected chi connectivity index (χ4v) is 4.44. The van der Waals surface area contributed by atoms with Gasteiger partial charge in [-0.3, -0.25) is 14.7 Å². The summed E-state index contributed by atoms with van der Waals surface area (Å²) in [5.41, 5.74) is 2.68. The van der Waals surface area contributed by atoms with Crippen LogP contribution in [-0.4, -0.2) is 15.9 Å². The number of amides is 1. The Kier molecular flexibility index (Phi) is 5.74. The Hall–Kier alpha value is -2.18. The minimum Gasteiger partial charge on any atom is -0.278 e. The number of benzene rings is 2. The van der Waals surface area contributed by atoms with Crippen molar-refractivity contribution < 1.29 is 4.79 Å². The predicted octanol–water partition coefficient (Wildman–Crippen LogP) is 6.81. The van der Waals surface area contributed by atoms with E-state index in [0.717, 1.165) is 21.5 Å². The van der Waals surface area contributed by atoms with Crippen molar-refractivity contribution in [1.29, 1.82) is 0 Å². The standard InChI is InChI=1S/C21H14Cl3N3OS/c1-12-16(23)7-8-18-19(12)26-21(29-18)27(11-14-4-2-3-9-25-14)20(28)15-10-13(22)5-6-17(15)24/h2-10H,11H2,1H3. The number of fused-ring (bicyclic) bond motifs is 1. The first-order valence-corrected chi connectivity index (χ1v) is 10.6.